The van der Waals surface area contributed by atoms with E-state index >= 15 is 0 Å². The van der Waals surface area contributed by atoms with Crippen LogP contribution in [-0.2, 0) is 0 Å². The number of carbonyl (C=O) groups is 1. The lowest BCUT2D eigenvalue weighted by atomic mass is 10.2. The molecule has 3 aromatic heterocycles. The third-order valence-corrected chi connectivity index (χ3v) is 5.82. The number of rotatable bonds is 4. The summed E-state index contributed by atoms with van der Waals surface area (Å²) in [5.41, 5.74) is 1.99. The van der Waals surface area contributed by atoms with E-state index in [1.165, 1.54) is 52.9 Å². The van der Waals surface area contributed by atoms with Crippen molar-refractivity contribution in [2.24, 2.45) is 0 Å². The number of nitrogens with zero attached hydrogens (tertiary/aromatic N) is 5. The number of nitrogens with one attached hydrogen (secondary N) is 1. The van der Waals surface area contributed by atoms with Gasteiger partial charge in [0.2, 0.25) is 0 Å². The molecule has 0 atom stereocenters. The topological polar surface area (TPSA) is 77.6 Å². The Balaban J connectivity index is 1.43. The highest BCUT2D eigenvalue weighted by Crippen LogP contribution is 2.31. The molecule has 10 heteroatoms. The largest absolute Gasteiger partial charge is 0.321 e. The first-order chi connectivity index (χ1) is 15.0. The van der Waals surface area contributed by atoms with E-state index in [0.717, 1.165) is 15.9 Å². The van der Waals surface area contributed by atoms with E-state index in [-0.39, 0.29) is 17.4 Å². The van der Waals surface area contributed by atoms with Crippen LogP contribution < -0.4 is 5.32 Å². The van der Waals surface area contributed by atoms with Crippen LogP contribution in [0.3, 0.4) is 0 Å². The van der Waals surface area contributed by atoms with Crippen molar-refractivity contribution in [3.05, 3.63) is 83.4 Å². The Morgan fingerprint density at radius 2 is 1.90 bits per heavy atom. The van der Waals surface area contributed by atoms with Crippen LogP contribution in [0.15, 0.2) is 61.2 Å². The summed E-state index contributed by atoms with van der Waals surface area (Å²) >= 11 is 1.26. The molecule has 0 aliphatic rings. The summed E-state index contributed by atoms with van der Waals surface area (Å²) in [5.74, 6) is -1.24. The van der Waals surface area contributed by atoms with Crippen molar-refractivity contribution in [3.8, 4) is 11.4 Å². The van der Waals surface area contributed by atoms with Gasteiger partial charge in [-0.05, 0) is 55.5 Å². The van der Waals surface area contributed by atoms with Crippen molar-refractivity contribution in [2.75, 3.05) is 5.32 Å². The molecule has 7 nitrogen and oxygen atoms in total. The normalized spacial score (nSPS) is 11.2. The molecular formula is C21H14F2N6OS. The summed E-state index contributed by atoms with van der Waals surface area (Å²) in [4.78, 5) is 17.8. The van der Waals surface area contributed by atoms with Gasteiger partial charge in [-0.15, -0.1) is 11.3 Å². The van der Waals surface area contributed by atoms with E-state index in [2.05, 4.69) is 20.5 Å². The van der Waals surface area contributed by atoms with E-state index in [4.69, 9.17) is 0 Å². The van der Waals surface area contributed by atoms with Gasteiger partial charge in [0.05, 0.1) is 16.3 Å². The van der Waals surface area contributed by atoms with E-state index < -0.39 is 5.82 Å². The zero-order chi connectivity index (χ0) is 21.5. The fourth-order valence-electron chi connectivity index (χ4n) is 3.21. The lowest BCUT2D eigenvalue weighted by molar-refractivity contribution is 0.103. The Kier molecular flexibility index (Phi) is 4.55. The second-order valence-electron chi connectivity index (χ2n) is 6.76. The minimum Gasteiger partial charge on any atom is -0.321 e. The Bertz CT molecular complexity index is 1410. The van der Waals surface area contributed by atoms with Gasteiger partial charge in [0.25, 0.3) is 5.91 Å². The zero-order valence-electron chi connectivity index (χ0n) is 16.1. The summed E-state index contributed by atoms with van der Waals surface area (Å²) in [5, 5.41) is 11.9. The molecule has 0 fully saturated rings. The van der Waals surface area contributed by atoms with Crippen LogP contribution >= 0.6 is 11.3 Å². The number of hydrogen-bond acceptors (Lipinski definition) is 5. The second-order valence-corrected chi connectivity index (χ2v) is 7.79. The maximum atomic E-state index is 14.4. The van der Waals surface area contributed by atoms with Crippen molar-refractivity contribution in [3.63, 3.8) is 0 Å². The van der Waals surface area contributed by atoms with Gasteiger partial charge in [0.15, 0.2) is 5.82 Å². The average molecular weight is 436 g/mol. The molecule has 31 heavy (non-hydrogen) atoms. The van der Waals surface area contributed by atoms with Gasteiger partial charge in [-0.2, -0.15) is 10.2 Å². The van der Waals surface area contributed by atoms with Gasteiger partial charge in [0, 0.05) is 11.1 Å². The summed E-state index contributed by atoms with van der Waals surface area (Å²) in [6.45, 7) is 1.84. The second kappa shape index (κ2) is 7.40. The maximum Gasteiger partial charge on any atom is 0.265 e. The summed E-state index contributed by atoms with van der Waals surface area (Å²) in [7, 11) is 0. The van der Waals surface area contributed by atoms with E-state index in [1.807, 2.05) is 6.92 Å². The van der Waals surface area contributed by atoms with Crippen molar-refractivity contribution in [2.45, 2.75) is 6.92 Å². The minimum absolute atomic E-state index is 0.229. The molecule has 0 bridgehead atoms. The summed E-state index contributed by atoms with van der Waals surface area (Å²) in [6, 6.07) is 12.1. The smallest absolute Gasteiger partial charge is 0.265 e. The Hall–Kier alpha value is -3.92. The predicted molar refractivity (Wildman–Crippen MR) is 113 cm³/mol. The van der Waals surface area contributed by atoms with Gasteiger partial charge in [0.1, 0.15) is 29.0 Å². The number of carbonyl (C=O) groups excluding carboxylic acids is 1. The summed E-state index contributed by atoms with van der Waals surface area (Å²) < 4.78 is 30.7. The maximum absolute atomic E-state index is 14.4. The van der Waals surface area contributed by atoms with Crippen LogP contribution in [0.2, 0.25) is 0 Å². The lowest BCUT2D eigenvalue weighted by Gasteiger charge is -2.07. The van der Waals surface area contributed by atoms with Gasteiger partial charge >= 0.3 is 0 Å². The molecule has 1 amide bonds. The van der Waals surface area contributed by atoms with Crippen LogP contribution in [0, 0.1) is 18.6 Å². The first kappa shape index (κ1) is 19.1. The highest BCUT2D eigenvalue weighted by Gasteiger charge is 2.18. The Labute approximate surface area is 178 Å². The Morgan fingerprint density at radius 1 is 1.10 bits per heavy atom. The molecule has 154 valence electrons. The van der Waals surface area contributed by atoms with Crippen LogP contribution in [0.5, 0.6) is 0 Å². The van der Waals surface area contributed by atoms with Crippen LogP contribution in [0.4, 0.5) is 14.5 Å². The number of amides is 1. The zero-order valence-corrected chi connectivity index (χ0v) is 16.9. The first-order valence-corrected chi connectivity index (χ1v) is 10.0. The third-order valence-electron chi connectivity index (χ3n) is 4.71. The van der Waals surface area contributed by atoms with Crippen molar-refractivity contribution >= 4 is 33.1 Å². The minimum atomic E-state index is -0.539. The molecule has 5 rings (SSSR count). The highest BCUT2D eigenvalue weighted by atomic mass is 32.1. The van der Waals surface area contributed by atoms with E-state index in [9.17, 15) is 13.6 Å². The molecule has 1 N–H and O–H groups in total. The van der Waals surface area contributed by atoms with Gasteiger partial charge in [-0.3, -0.25) is 4.79 Å². The number of fused-ring (bicyclic) bond motifs is 1. The first-order valence-electron chi connectivity index (χ1n) is 9.20. The number of thiophene rings is 1. The standard InChI is InChI=1S/C21H14F2N6OS/c1-12-16-9-19(31-21(16)29(27-12)15-5-2-13(22)3-6-15)20(30)26-14-4-7-18(17(23)8-14)28-11-24-10-25-28/h2-11H,1H3,(H,26,30). The number of halogens is 2. The molecule has 0 saturated heterocycles. The van der Waals surface area contributed by atoms with E-state index in [1.54, 1.807) is 28.9 Å². The van der Waals surface area contributed by atoms with Crippen LogP contribution in [0.25, 0.3) is 21.6 Å². The molecular weight excluding hydrogens is 422 g/mol. The highest BCUT2D eigenvalue weighted by molar-refractivity contribution is 7.20. The number of benzene rings is 2. The molecule has 5 aromatic rings. The number of aryl methyl sites for hydroxylation is 1. The molecule has 0 aliphatic heterocycles. The fourth-order valence-corrected chi connectivity index (χ4v) is 4.29. The van der Waals surface area contributed by atoms with Crippen LogP contribution in [-0.4, -0.2) is 30.5 Å². The van der Waals surface area contributed by atoms with E-state index in [0.29, 0.717) is 16.3 Å². The quantitative estimate of drug-likeness (QED) is 0.450. The number of aromatic nitrogens is 5. The fraction of sp³-hybridized carbons (Fsp3) is 0.0476. The van der Waals surface area contributed by atoms with Gasteiger partial charge in [-0.1, -0.05) is 0 Å². The Morgan fingerprint density at radius 3 is 2.61 bits per heavy atom. The van der Waals surface area contributed by atoms with Crippen molar-refractivity contribution < 1.29 is 13.6 Å². The molecule has 0 saturated carbocycles. The van der Waals surface area contributed by atoms with Crippen LogP contribution in [0.1, 0.15) is 15.4 Å². The number of hydrogen-bond donors (Lipinski definition) is 1. The van der Waals surface area contributed by atoms with Crippen molar-refractivity contribution in [1.29, 1.82) is 0 Å². The summed E-state index contributed by atoms with van der Waals surface area (Å²) in [6.07, 6.45) is 2.70. The van der Waals surface area contributed by atoms with Gasteiger partial charge in [-0.25, -0.2) is 23.1 Å². The molecule has 3 heterocycles. The predicted octanol–water partition coefficient (Wildman–Crippen LogP) is 4.51. The molecule has 0 aliphatic carbocycles. The molecule has 0 unspecified atom stereocenters. The number of anilines is 1. The molecule has 0 radical (unpaired) electrons. The average Bonchev–Trinajstić information content (AvgIpc) is 3.48. The molecule has 0 spiro atoms. The molecule has 2 aromatic carbocycles. The third kappa shape index (κ3) is 3.46. The SMILES string of the molecule is Cc1nn(-c2ccc(F)cc2)c2sc(C(=O)Nc3ccc(-n4cncn4)c(F)c3)cc12. The van der Waals surface area contributed by atoms with Gasteiger partial charge < -0.3 is 5.32 Å². The lowest BCUT2D eigenvalue weighted by Crippen LogP contribution is -2.11. The monoisotopic (exact) mass is 436 g/mol. The van der Waals surface area contributed by atoms with Crippen molar-refractivity contribution in [1.82, 2.24) is 24.5 Å².